The van der Waals surface area contributed by atoms with E-state index in [2.05, 4.69) is 15.5 Å². The van der Waals surface area contributed by atoms with E-state index in [-0.39, 0.29) is 10.7 Å². The summed E-state index contributed by atoms with van der Waals surface area (Å²) in [7, 11) is 0. The monoisotopic (exact) mass is 312 g/mol. The van der Waals surface area contributed by atoms with Crippen molar-refractivity contribution < 1.29 is 9.53 Å². The van der Waals surface area contributed by atoms with Gasteiger partial charge in [0.2, 0.25) is 0 Å². The van der Waals surface area contributed by atoms with Crippen LogP contribution in [0.1, 0.15) is 48.9 Å². The lowest BCUT2D eigenvalue weighted by molar-refractivity contribution is 0.0501. The molecule has 1 aromatic rings. The zero-order chi connectivity index (χ0) is 15.1. The molecule has 1 fully saturated rings. The summed E-state index contributed by atoms with van der Waals surface area (Å²) in [6.07, 6.45) is 7.71. The van der Waals surface area contributed by atoms with Crippen molar-refractivity contribution >= 4 is 23.3 Å². The maximum atomic E-state index is 11.3. The second-order valence-corrected chi connectivity index (χ2v) is 5.59. The maximum Gasteiger partial charge on any atom is 0.252 e. The lowest BCUT2D eigenvalue weighted by atomic mass is 10.1. The highest BCUT2D eigenvalue weighted by Crippen LogP contribution is 2.19. The first-order valence-electron chi connectivity index (χ1n) is 7.35. The predicted octanol–water partition coefficient (Wildman–Crippen LogP) is 2.38. The summed E-state index contributed by atoms with van der Waals surface area (Å²) in [6, 6.07) is 1.41. The molecule has 0 aromatic carbocycles. The van der Waals surface area contributed by atoms with E-state index in [9.17, 15) is 4.79 Å². The number of hydrogen-bond donors (Lipinski definition) is 2. The third kappa shape index (κ3) is 5.13. The molecule has 0 saturated heterocycles. The van der Waals surface area contributed by atoms with Crippen molar-refractivity contribution in [2.45, 2.75) is 44.6 Å². The molecule has 0 aliphatic heterocycles. The van der Waals surface area contributed by atoms with Gasteiger partial charge in [-0.15, -0.1) is 10.2 Å². The lowest BCUT2D eigenvalue weighted by Crippen LogP contribution is -2.20. The van der Waals surface area contributed by atoms with E-state index < -0.39 is 5.91 Å². The van der Waals surface area contributed by atoms with Gasteiger partial charge in [-0.25, -0.2) is 0 Å². The van der Waals surface area contributed by atoms with Crippen LogP contribution in [-0.4, -0.2) is 35.4 Å². The van der Waals surface area contributed by atoms with Gasteiger partial charge < -0.3 is 15.8 Å². The standard InChI is InChI=1S/C14H21ClN4O2/c15-12-9-11(13(16)20)14(19-18-12)17-7-8-21-10-5-3-1-2-4-6-10/h9-10H,1-8H2,(H2,16,20)(H,17,19). The molecule has 0 bridgehead atoms. The zero-order valence-corrected chi connectivity index (χ0v) is 12.7. The van der Waals surface area contributed by atoms with E-state index in [0.29, 0.717) is 25.1 Å². The lowest BCUT2D eigenvalue weighted by Gasteiger charge is -2.16. The molecule has 1 saturated carbocycles. The van der Waals surface area contributed by atoms with E-state index in [1.807, 2.05) is 0 Å². The van der Waals surface area contributed by atoms with Crippen LogP contribution < -0.4 is 11.1 Å². The van der Waals surface area contributed by atoms with Gasteiger partial charge in [0.15, 0.2) is 11.0 Å². The van der Waals surface area contributed by atoms with Crippen LogP contribution in [0.4, 0.5) is 5.82 Å². The first-order chi connectivity index (χ1) is 10.2. The largest absolute Gasteiger partial charge is 0.376 e. The number of amides is 1. The number of rotatable bonds is 6. The van der Waals surface area contributed by atoms with Gasteiger partial charge in [0.1, 0.15) is 0 Å². The average Bonchev–Trinajstić information content (AvgIpc) is 2.73. The summed E-state index contributed by atoms with van der Waals surface area (Å²) < 4.78 is 5.86. The third-order valence-electron chi connectivity index (χ3n) is 3.58. The summed E-state index contributed by atoms with van der Waals surface area (Å²) in [5, 5.41) is 10.7. The van der Waals surface area contributed by atoms with E-state index in [4.69, 9.17) is 22.1 Å². The number of nitrogens with two attached hydrogens (primary N) is 1. The van der Waals surface area contributed by atoms with Crippen LogP contribution in [-0.2, 0) is 4.74 Å². The Bertz CT molecular complexity index is 476. The number of anilines is 1. The van der Waals surface area contributed by atoms with Gasteiger partial charge in [-0.3, -0.25) is 4.79 Å². The normalized spacial score (nSPS) is 16.4. The van der Waals surface area contributed by atoms with Crippen molar-refractivity contribution in [3.05, 3.63) is 16.8 Å². The highest BCUT2D eigenvalue weighted by Gasteiger charge is 2.13. The fraction of sp³-hybridized carbons (Fsp3) is 0.643. The molecular formula is C14H21ClN4O2. The van der Waals surface area contributed by atoms with Crippen LogP contribution in [0.25, 0.3) is 0 Å². The number of hydrogen-bond acceptors (Lipinski definition) is 5. The minimum Gasteiger partial charge on any atom is -0.376 e. The number of nitrogens with one attached hydrogen (secondary N) is 1. The van der Waals surface area contributed by atoms with Gasteiger partial charge in [0, 0.05) is 6.54 Å². The summed E-state index contributed by atoms with van der Waals surface area (Å²) in [6.45, 7) is 1.11. The molecule has 6 nitrogen and oxygen atoms in total. The van der Waals surface area contributed by atoms with Gasteiger partial charge in [-0.05, 0) is 18.9 Å². The summed E-state index contributed by atoms with van der Waals surface area (Å²) in [5.41, 5.74) is 5.53. The second kappa shape index (κ2) is 8.14. The van der Waals surface area contributed by atoms with Gasteiger partial charge in [0.25, 0.3) is 5.91 Å². The molecule has 1 aliphatic rings. The minimum absolute atomic E-state index is 0.143. The van der Waals surface area contributed by atoms with Gasteiger partial charge in [-0.1, -0.05) is 37.3 Å². The minimum atomic E-state index is -0.584. The Morgan fingerprint density at radius 2 is 2.05 bits per heavy atom. The number of ether oxygens (including phenoxy) is 1. The highest BCUT2D eigenvalue weighted by molar-refractivity contribution is 6.29. The van der Waals surface area contributed by atoms with E-state index in [1.54, 1.807) is 0 Å². The van der Waals surface area contributed by atoms with Crippen molar-refractivity contribution in [3.8, 4) is 0 Å². The van der Waals surface area contributed by atoms with E-state index in [0.717, 1.165) is 12.8 Å². The number of aromatic nitrogens is 2. The van der Waals surface area contributed by atoms with Crippen LogP contribution in [0.5, 0.6) is 0 Å². The molecule has 2 rings (SSSR count). The fourth-order valence-electron chi connectivity index (χ4n) is 2.49. The number of halogens is 1. The van der Waals surface area contributed by atoms with Crippen molar-refractivity contribution in [3.63, 3.8) is 0 Å². The Hall–Kier alpha value is -1.40. The Kier molecular flexibility index (Phi) is 6.20. The molecule has 21 heavy (non-hydrogen) atoms. The molecule has 0 unspecified atom stereocenters. The number of nitrogens with zero attached hydrogens (tertiary/aromatic N) is 2. The predicted molar refractivity (Wildman–Crippen MR) is 81.5 cm³/mol. The molecular weight excluding hydrogens is 292 g/mol. The van der Waals surface area contributed by atoms with E-state index in [1.165, 1.54) is 31.7 Å². The number of carbonyl (C=O) groups is 1. The number of carbonyl (C=O) groups excluding carboxylic acids is 1. The summed E-state index contributed by atoms with van der Waals surface area (Å²) in [5.74, 6) is -0.240. The van der Waals surface area contributed by atoms with Crippen molar-refractivity contribution in [1.82, 2.24) is 10.2 Å². The Morgan fingerprint density at radius 1 is 1.33 bits per heavy atom. The third-order valence-corrected chi connectivity index (χ3v) is 3.76. The Balaban J connectivity index is 1.79. The van der Waals surface area contributed by atoms with Gasteiger partial charge in [-0.2, -0.15) is 0 Å². The molecule has 0 spiro atoms. The highest BCUT2D eigenvalue weighted by atomic mass is 35.5. The van der Waals surface area contributed by atoms with Gasteiger partial charge >= 0.3 is 0 Å². The van der Waals surface area contributed by atoms with Crippen LogP contribution in [0, 0.1) is 0 Å². The second-order valence-electron chi connectivity index (χ2n) is 5.20. The fourth-order valence-corrected chi connectivity index (χ4v) is 2.64. The molecule has 1 heterocycles. The summed E-state index contributed by atoms with van der Waals surface area (Å²) >= 11 is 5.71. The SMILES string of the molecule is NC(=O)c1cc(Cl)nnc1NCCOC1CCCCCC1. The van der Waals surface area contributed by atoms with E-state index >= 15 is 0 Å². The van der Waals surface area contributed by atoms with Crippen molar-refractivity contribution in [2.75, 3.05) is 18.5 Å². The smallest absolute Gasteiger partial charge is 0.252 e. The molecule has 1 aromatic heterocycles. The Morgan fingerprint density at radius 3 is 2.71 bits per heavy atom. The average molecular weight is 313 g/mol. The van der Waals surface area contributed by atoms with Crippen LogP contribution >= 0.6 is 11.6 Å². The van der Waals surface area contributed by atoms with Crippen molar-refractivity contribution in [2.24, 2.45) is 5.73 Å². The molecule has 1 aliphatic carbocycles. The molecule has 7 heteroatoms. The molecule has 0 radical (unpaired) electrons. The molecule has 1 amide bonds. The molecule has 0 atom stereocenters. The molecule has 3 N–H and O–H groups in total. The zero-order valence-electron chi connectivity index (χ0n) is 12.0. The summed E-state index contributed by atoms with van der Waals surface area (Å²) in [4.78, 5) is 11.3. The quantitative estimate of drug-likeness (QED) is 0.621. The first kappa shape index (κ1) is 16.0. The van der Waals surface area contributed by atoms with Crippen molar-refractivity contribution in [1.29, 1.82) is 0 Å². The van der Waals surface area contributed by atoms with Crippen LogP contribution in [0.2, 0.25) is 5.15 Å². The van der Waals surface area contributed by atoms with Crippen LogP contribution in [0.15, 0.2) is 6.07 Å². The molecule has 116 valence electrons. The first-order valence-corrected chi connectivity index (χ1v) is 7.73. The maximum absolute atomic E-state index is 11.3. The van der Waals surface area contributed by atoms with Gasteiger partial charge in [0.05, 0.1) is 18.3 Å². The number of primary amides is 1. The van der Waals surface area contributed by atoms with Crippen LogP contribution in [0.3, 0.4) is 0 Å². The topological polar surface area (TPSA) is 90.1 Å². The Labute approximate surface area is 129 Å².